The van der Waals surface area contributed by atoms with Crippen LogP contribution in [0, 0.1) is 0 Å². The molecule has 1 aliphatic heterocycles. The van der Waals surface area contributed by atoms with Crippen LogP contribution in [0.3, 0.4) is 0 Å². The number of hydrogen-bond donors (Lipinski definition) is 0. The van der Waals surface area contributed by atoms with Crippen LogP contribution in [0.15, 0.2) is 0 Å². The molecule has 1 aliphatic rings. The third-order valence-corrected chi connectivity index (χ3v) is 3.63. The van der Waals surface area contributed by atoms with Gasteiger partial charge in [0.1, 0.15) is 0 Å². The van der Waals surface area contributed by atoms with E-state index in [1.54, 1.807) is 10.6 Å². The van der Waals surface area contributed by atoms with Gasteiger partial charge >= 0.3 is 64.3 Å². The second-order valence-electron chi connectivity index (χ2n) is 2.73. The Morgan fingerprint density at radius 2 is 1.00 bits per heavy atom. The van der Waals surface area contributed by atoms with Gasteiger partial charge in [0.15, 0.2) is 0 Å². The molecule has 0 aromatic rings. The summed E-state index contributed by atoms with van der Waals surface area (Å²) in [6, 6.07) is 0. The summed E-state index contributed by atoms with van der Waals surface area (Å²) in [6.07, 6.45) is 9.11. The molecule has 1 heterocycles. The fourth-order valence-electron chi connectivity index (χ4n) is 1.22. The van der Waals surface area contributed by atoms with E-state index in [-0.39, 0.29) is 0 Å². The topological polar surface area (TPSA) is 0 Å². The van der Waals surface area contributed by atoms with Crippen LogP contribution < -0.4 is 0 Å². The van der Waals surface area contributed by atoms with Crippen LogP contribution in [0.1, 0.15) is 38.5 Å². The summed E-state index contributed by atoms with van der Waals surface area (Å²) in [5.41, 5.74) is 0. The van der Waals surface area contributed by atoms with Crippen LogP contribution in [-0.4, -0.2) is 0 Å². The molecule has 9 heavy (non-hydrogen) atoms. The van der Waals surface area contributed by atoms with Gasteiger partial charge in [-0.25, -0.2) is 0 Å². The summed E-state index contributed by atoms with van der Waals surface area (Å²) in [6.45, 7) is 0. The number of hydrogen-bond acceptors (Lipinski definition) is 0. The summed E-state index contributed by atoms with van der Waals surface area (Å²) in [7, 11) is 0. The summed E-state index contributed by atoms with van der Waals surface area (Å²) in [5, 5.41) is 3.12. The Hall–Kier alpha value is 0.532. The van der Waals surface area contributed by atoms with E-state index < -0.39 is 0 Å². The molecule has 0 atom stereocenters. The van der Waals surface area contributed by atoms with Gasteiger partial charge in [-0.15, -0.1) is 0 Å². The first kappa shape index (κ1) is 7.64. The van der Waals surface area contributed by atoms with E-state index in [9.17, 15) is 0 Å². The van der Waals surface area contributed by atoms with Crippen molar-refractivity contribution in [1.29, 1.82) is 0 Å². The predicted octanol–water partition coefficient (Wildman–Crippen LogP) is 3.26. The maximum absolute atomic E-state index is 1.56. The van der Waals surface area contributed by atoms with Gasteiger partial charge in [0, 0.05) is 0 Å². The van der Waals surface area contributed by atoms with Crippen molar-refractivity contribution >= 4 is 0 Å². The van der Waals surface area contributed by atoms with Crippen molar-refractivity contribution in [2.45, 2.75) is 49.1 Å². The third-order valence-electron chi connectivity index (χ3n) is 1.83. The van der Waals surface area contributed by atoms with Crippen molar-refractivity contribution in [2.24, 2.45) is 0 Å². The molecule has 0 bridgehead atoms. The van der Waals surface area contributed by atoms with E-state index in [1.165, 1.54) is 38.5 Å². The zero-order valence-corrected chi connectivity index (χ0v) is 7.34. The fourth-order valence-corrected chi connectivity index (χ4v) is 2.81. The third kappa shape index (κ3) is 4.01. The van der Waals surface area contributed by atoms with Gasteiger partial charge in [-0.3, -0.25) is 0 Å². The Morgan fingerprint density at radius 1 is 0.556 bits per heavy atom. The average Bonchev–Trinajstić information content (AvgIpc) is 2.00. The van der Waals surface area contributed by atoms with Crippen LogP contribution in [0.25, 0.3) is 0 Å². The van der Waals surface area contributed by atoms with Crippen molar-refractivity contribution in [1.82, 2.24) is 0 Å². The molecule has 0 spiro atoms. The quantitative estimate of drug-likeness (QED) is 0.515. The minimum atomic E-state index is 1.02. The second-order valence-corrected chi connectivity index (χ2v) is 4.65. The van der Waals surface area contributed by atoms with Gasteiger partial charge in [-0.2, -0.15) is 0 Å². The molecular weight excluding hydrogens is 148 g/mol. The molecule has 1 fully saturated rings. The first-order chi connectivity index (χ1) is 4.50. The Morgan fingerprint density at radius 3 is 1.56 bits per heavy atom. The van der Waals surface area contributed by atoms with Gasteiger partial charge < -0.3 is 0 Å². The van der Waals surface area contributed by atoms with Crippen LogP contribution in [0.4, 0.5) is 0 Å². The molecule has 1 rings (SSSR count). The number of rotatable bonds is 0. The Bertz CT molecular complexity index is 33.1. The van der Waals surface area contributed by atoms with E-state index in [1.807, 2.05) is 0 Å². The molecule has 1 saturated heterocycles. The zero-order chi connectivity index (χ0) is 6.36. The summed E-state index contributed by atoms with van der Waals surface area (Å²) >= 11 is 1.02. The molecule has 0 unspecified atom stereocenters. The van der Waals surface area contributed by atoms with E-state index in [2.05, 4.69) is 0 Å². The van der Waals surface area contributed by atoms with Crippen molar-refractivity contribution in [3.05, 3.63) is 0 Å². The van der Waals surface area contributed by atoms with Gasteiger partial charge in [-0.05, 0) is 0 Å². The van der Waals surface area contributed by atoms with E-state index >= 15 is 0 Å². The molecule has 54 valence electrons. The van der Waals surface area contributed by atoms with Crippen molar-refractivity contribution in [3.63, 3.8) is 0 Å². The van der Waals surface area contributed by atoms with Crippen molar-refractivity contribution < 1.29 is 15.2 Å². The molecule has 1 heteroatoms. The molecule has 0 radical (unpaired) electrons. The first-order valence-corrected chi connectivity index (χ1v) is 5.88. The van der Waals surface area contributed by atoms with E-state index in [4.69, 9.17) is 0 Å². The Kier molecular flexibility index (Phi) is 4.52. The predicted molar refractivity (Wildman–Crippen MR) is 37.3 cm³/mol. The standard InChI is InChI=1S/C8H16.Cr/c1-3-5-7-8-6-4-2;/h1-8H2;. The summed E-state index contributed by atoms with van der Waals surface area (Å²) in [5.74, 6) is 0. The molecule has 0 nitrogen and oxygen atoms in total. The van der Waals surface area contributed by atoms with Gasteiger partial charge in [0.25, 0.3) is 0 Å². The van der Waals surface area contributed by atoms with Crippen LogP contribution in [0.2, 0.25) is 10.6 Å². The summed E-state index contributed by atoms with van der Waals surface area (Å²) < 4.78 is 0. The van der Waals surface area contributed by atoms with E-state index in [0.29, 0.717) is 0 Å². The van der Waals surface area contributed by atoms with Gasteiger partial charge in [0.05, 0.1) is 0 Å². The maximum atomic E-state index is 1.56. The van der Waals surface area contributed by atoms with Crippen LogP contribution in [0.5, 0.6) is 0 Å². The van der Waals surface area contributed by atoms with Gasteiger partial charge in [-0.1, -0.05) is 0 Å². The Labute approximate surface area is 64.7 Å². The fraction of sp³-hybridized carbons (Fsp3) is 1.00. The van der Waals surface area contributed by atoms with E-state index in [0.717, 1.165) is 15.2 Å². The molecule has 0 N–H and O–H groups in total. The zero-order valence-electron chi connectivity index (χ0n) is 6.07. The molecule has 0 aliphatic carbocycles. The SMILES string of the molecule is C1CCC[CH2][Cr][CH2]CC1. The van der Waals surface area contributed by atoms with Gasteiger partial charge in [0.2, 0.25) is 0 Å². The minimum absolute atomic E-state index is 1.02. The molecule has 0 saturated carbocycles. The second kappa shape index (κ2) is 5.33. The van der Waals surface area contributed by atoms with Crippen molar-refractivity contribution in [3.8, 4) is 0 Å². The molecule has 0 aromatic heterocycles. The Balaban J connectivity index is 2.02. The molecule has 0 aromatic carbocycles. The average molecular weight is 164 g/mol. The summed E-state index contributed by atoms with van der Waals surface area (Å²) in [4.78, 5) is 0. The molecule has 0 amide bonds. The molecular formula is C8H16Cr. The van der Waals surface area contributed by atoms with Crippen LogP contribution >= 0.6 is 0 Å². The van der Waals surface area contributed by atoms with Crippen LogP contribution in [-0.2, 0) is 15.2 Å². The normalized spacial score (nSPS) is 24.0. The van der Waals surface area contributed by atoms with Crippen molar-refractivity contribution in [2.75, 3.05) is 0 Å². The first-order valence-electron chi connectivity index (χ1n) is 4.08. The monoisotopic (exact) mass is 164 g/mol.